The maximum atomic E-state index is 13.2. The molecule has 38 heavy (non-hydrogen) atoms. The average Bonchev–Trinajstić information content (AvgIpc) is 3.46. The summed E-state index contributed by atoms with van der Waals surface area (Å²) >= 11 is 0. The highest BCUT2D eigenvalue weighted by atomic mass is 16.2. The summed E-state index contributed by atoms with van der Waals surface area (Å²) in [5.74, 6) is -0.262. The zero-order valence-electron chi connectivity index (χ0n) is 22.0. The Kier molecular flexibility index (Phi) is 7.20. The van der Waals surface area contributed by atoms with Gasteiger partial charge in [0.25, 0.3) is 11.8 Å². The molecule has 4 amide bonds. The molecule has 10 nitrogen and oxygen atoms in total. The van der Waals surface area contributed by atoms with E-state index in [0.717, 1.165) is 55.1 Å². The Morgan fingerprint density at radius 2 is 1.50 bits per heavy atom. The van der Waals surface area contributed by atoms with Gasteiger partial charge in [-0.3, -0.25) is 34.3 Å². The smallest absolute Gasteiger partial charge is 0.262 e. The Hall–Kier alpha value is -2.82. The van der Waals surface area contributed by atoms with Crippen LogP contribution in [0, 0.1) is 11.8 Å². The summed E-state index contributed by atoms with van der Waals surface area (Å²) in [4.78, 5) is 58.5. The lowest BCUT2D eigenvalue weighted by atomic mass is 9.98. The van der Waals surface area contributed by atoms with Crippen molar-refractivity contribution in [3.05, 3.63) is 29.3 Å². The van der Waals surface area contributed by atoms with Crippen molar-refractivity contribution >= 4 is 29.3 Å². The first-order valence-corrected chi connectivity index (χ1v) is 14.2. The van der Waals surface area contributed by atoms with Crippen LogP contribution in [0.4, 0.5) is 5.69 Å². The molecule has 6 rings (SSSR count). The summed E-state index contributed by atoms with van der Waals surface area (Å²) in [5.41, 5.74) is 1.61. The number of fused-ring (bicyclic) bond motifs is 1. The van der Waals surface area contributed by atoms with Gasteiger partial charge >= 0.3 is 0 Å². The second kappa shape index (κ2) is 10.7. The molecule has 4 saturated heterocycles. The maximum absolute atomic E-state index is 13.2. The zero-order chi connectivity index (χ0) is 26.2. The minimum Gasteiger partial charge on any atom is -0.369 e. The Morgan fingerprint density at radius 1 is 0.763 bits per heavy atom. The number of amides is 4. The van der Waals surface area contributed by atoms with Crippen molar-refractivity contribution in [1.29, 1.82) is 0 Å². The first kappa shape index (κ1) is 25.5. The van der Waals surface area contributed by atoms with E-state index in [0.29, 0.717) is 11.1 Å². The van der Waals surface area contributed by atoms with Crippen molar-refractivity contribution in [3.63, 3.8) is 0 Å². The van der Waals surface area contributed by atoms with Gasteiger partial charge in [-0.25, -0.2) is 0 Å². The molecule has 1 unspecified atom stereocenters. The number of nitrogens with zero attached hydrogens (tertiary/aromatic N) is 4. The van der Waals surface area contributed by atoms with Crippen LogP contribution in [0.25, 0.3) is 0 Å². The van der Waals surface area contributed by atoms with Gasteiger partial charge < -0.3 is 15.1 Å². The summed E-state index contributed by atoms with van der Waals surface area (Å²) in [6, 6.07) is 4.48. The van der Waals surface area contributed by atoms with Crippen molar-refractivity contribution < 1.29 is 19.2 Å². The molecule has 0 saturated carbocycles. The zero-order valence-corrected chi connectivity index (χ0v) is 22.0. The van der Waals surface area contributed by atoms with Crippen molar-refractivity contribution in [1.82, 2.24) is 25.3 Å². The van der Waals surface area contributed by atoms with Crippen LogP contribution >= 0.6 is 0 Å². The SMILES string of the molecule is O=C1CCC(N2C(=O)c3ccc(N4CCN(C[C@H]5CCN(CC6CCNCC6)C5)CC4)cc3C2=O)C(=O)N1. The number of carbonyl (C=O) groups excluding carboxylic acids is 4. The number of imide groups is 2. The number of rotatable bonds is 6. The molecular weight excluding hydrogens is 484 g/mol. The number of piperidine rings is 2. The number of nitrogens with one attached hydrogen (secondary N) is 2. The molecule has 10 heteroatoms. The summed E-state index contributed by atoms with van der Waals surface area (Å²) in [6.07, 6.45) is 4.19. The molecule has 0 spiro atoms. The summed E-state index contributed by atoms with van der Waals surface area (Å²) in [7, 11) is 0. The van der Waals surface area contributed by atoms with Gasteiger partial charge in [-0.15, -0.1) is 0 Å². The number of carbonyl (C=O) groups is 4. The quantitative estimate of drug-likeness (QED) is 0.522. The van der Waals surface area contributed by atoms with Gasteiger partial charge in [-0.2, -0.15) is 0 Å². The number of benzene rings is 1. The van der Waals surface area contributed by atoms with Crippen LogP contribution in [-0.4, -0.2) is 110 Å². The molecule has 5 aliphatic heterocycles. The monoisotopic (exact) mass is 522 g/mol. The van der Waals surface area contributed by atoms with E-state index in [-0.39, 0.29) is 18.7 Å². The van der Waals surface area contributed by atoms with Crippen LogP contribution in [0.15, 0.2) is 18.2 Å². The predicted octanol–water partition coefficient (Wildman–Crippen LogP) is 0.531. The van der Waals surface area contributed by atoms with E-state index in [4.69, 9.17) is 0 Å². The molecule has 4 fully saturated rings. The predicted molar refractivity (Wildman–Crippen MR) is 142 cm³/mol. The molecule has 1 aromatic rings. The van der Waals surface area contributed by atoms with Gasteiger partial charge in [-0.1, -0.05) is 0 Å². The third-order valence-electron chi connectivity index (χ3n) is 9.02. The Morgan fingerprint density at radius 3 is 2.26 bits per heavy atom. The van der Waals surface area contributed by atoms with E-state index in [2.05, 4.69) is 25.3 Å². The van der Waals surface area contributed by atoms with Gasteiger partial charge in [-0.05, 0) is 75.4 Å². The molecule has 0 radical (unpaired) electrons. The molecule has 0 bridgehead atoms. The largest absolute Gasteiger partial charge is 0.369 e. The Bertz CT molecular complexity index is 1110. The van der Waals surface area contributed by atoms with Crippen LogP contribution in [0.3, 0.4) is 0 Å². The lowest BCUT2D eigenvalue weighted by molar-refractivity contribution is -0.136. The number of hydrogen-bond acceptors (Lipinski definition) is 8. The summed E-state index contributed by atoms with van der Waals surface area (Å²) in [6.45, 7) is 10.9. The topological polar surface area (TPSA) is 105 Å². The highest BCUT2D eigenvalue weighted by Gasteiger charge is 2.44. The fraction of sp³-hybridized carbons (Fsp3) is 0.643. The van der Waals surface area contributed by atoms with Crippen LogP contribution in [0.5, 0.6) is 0 Å². The molecule has 5 heterocycles. The normalized spacial score (nSPS) is 27.8. The number of hydrogen-bond donors (Lipinski definition) is 2. The summed E-state index contributed by atoms with van der Waals surface area (Å²) in [5, 5.41) is 5.71. The third-order valence-corrected chi connectivity index (χ3v) is 9.02. The number of anilines is 1. The van der Waals surface area contributed by atoms with Gasteiger partial charge in [0.2, 0.25) is 11.8 Å². The first-order chi connectivity index (χ1) is 18.5. The van der Waals surface area contributed by atoms with E-state index in [9.17, 15) is 19.2 Å². The lowest BCUT2D eigenvalue weighted by Crippen LogP contribution is -2.54. The van der Waals surface area contributed by atoms with Crippen molar-refractivity contribution in [2.45, 2.75) is 38.1 Å². The van der Waals surface area contributed by atoms with E-state index < -0.39 is 23.8 Å². The van der Waals surface area contributed by atoms with Gasteiger partial charge in [0.15, 0.2) is 0 Å². The van der Waals surface area contributed by atoms with Gasteiger partial charge in [0.05, 0.1) is 11.1 Å². The second-order valence-corrected chi connectivity index (χ2v) is 11.6. The fourth-order valence-corrected chi connectivity index (χ4v) is 6.87. The van der Waals surface area contributed by atoms with Crippen LogP contribution in [0.2, 0.25) is 0 Å². The van der Waals surface area contributed by atoms with Crippen molar-refractivity contribution in [3.8, 4) is 0 Å². The number of likely N-dealkylation sites (tertiary alicyclic amines) is 1. The van der Waals surface area contributed by atoms with Gasteiger partial charge in [0, 0.05) is 57.9 Å². The minimum absolute atomic E-state index is 0.121. The fourth-order valence-electron chi connectivity index (χ4n) is 6.87. The standard InChI is InChI=1S/C28H38N6O4/c35-25-4-3-24(26(36)30-25)34-27(37)22-2-1-21(15-23(22)28(34)38)33-13-11-31(12-14-33)17-20-7-10-32(18-20)16-19-5-8-29-9-6-19/h1-2,15,19-20,24,29H,3-14,16-18H2,(H,30,35,36)/t20-,24?/m1/s1. The lowest BCUT2D eigenvalue weighted by Gasteiger charge is -2.37. The number of piperazine rings is 1. The van der Waals surface area contributed by atoms with Gasteiger partial charge in [0.1, 0.15) is 6.04 Å². The molecular formula is C28H38N6O4. The van der Waals surface area contributed by atoms with E-state index in [1.165, 1.54) is 52.0 Å². The Labute approximate surface area is 223 Å². The van der Waals surface area contributed by atoms with Crippen LogP contribution in [0.1, 0.15) is 52.8 Å². The third kappa shape index (κ3) is 5.09. The molecule has 1 aromatic carbocycles. The maximum Gasteiger partial charge on any atom is 0.262 e. The second-order valence-electron chi connectivity index (χ2n) is 11.6. The first-order valence-electron chi connectivity index (χ1n) is 14.2. The minimum atomic E-state index is -0.932. The van der Waals surface area contributed by atoms with Crippen LogP contribution < -0.4 is 15.5 Å². The molecule has 0 aliphatic carbocycles. The highest BCUT2D eigenvalue weighted by molar-refractivity contribution is 6.23. The van der Waals surface area contributed by atoms with Crippen molar-refractivity contribution in [2.24, 2.45) is 11.8 Å². The van der Waals surface area contributed by atoms with Crippen LogP contribution in [-0.2, 0) is 9.59 Å². The molecule has 204 valence electrons. The highest BCUT2D eigenvalue weighted by Crippen LogP contribution is 2.31. The molecule has 0 aromatic heterocycles. The summed E-state index contributed by atoms with van der Waals surface area (Å²) < 4.78 is 0. The average molecular weight is 523 g/mol. The molecule has 5 aliphatic rings. The van der Waals surface area contributed by atoms with Crippen molar-refractivity contribution in [2.75, 3.05) is 70.3 Å². The Balaban J connectivity index is 1.02. The van der Waals surface area contributed by atoms with E-state index >= 15 is 0 Å². The molecule has 2 N–H and O–H groups in total. The molecule has 2 atom stereocenters. The van der Waals surface area contributed by atoms with E-state index in [1.54, 1.807) is 12.1 Å². The van der Waals surface area contributed by atoms with E-state index in [1.807, 2.05) is 6.07 Å².